The number of para-hydroxylation sites is 1. The minimum absolute atomic E-state index is 0.0665. The van der Waals surface area contributed by atoms with Gasteiger partial charge in [0, 0.05) is 34.6 Å². The second-order valence-corrected chi connectivity index (χ2v) is 8.10. The van der Waals surface area contributed by atoms with Gasteiger partial charge in [-0.15, -0.1) is 5.10 Å². The van der Waals surface area contributed by atoms with Crippen LogP contribution in [0.2, 0.25) is 0 Å². The third-order valence-corrected chi connectivity index (χ3v) is 5.88. The van der Waals surface area contributed by atoms with Gasteiger partial charge in [0.25, 0.3) is 11.6 Å². The van der Waals surface area contributed by atoms with Crippen LogP contribution in [0.1, 0.15) is 29.2 Å². The molecule has 3 heterocycles. The number of alkyl halides is 3. The van der Waals surface area contributed by atoms with E-state index < -0.39 is 12.0 Å². The number of furan rings is 1. The van der Waals surface area contributed by atoms with Crippen LogP contribution in [0.25, 0.3) is 27.7 Å². The summed E-state index contributed by atoms with van der Waals surface area (Å²) in [5, 5.41) is 8.19. The zero-order valence-corrected chi connectivity index (χ0v) is 19.0. The second-order valence-electron chi connectivity index (χ2n) is 8.10. The highest BCUT2D eigenvalue weighted by atomic mass is 19.4. The van der Waals surface area contributed by atoms with Crippen LogP contribution in [0.4, 0.5) is 18.9 Å². The van der Waals surface area contributed by atoms with Gasteiger partial charge in [0.15, 0.2) is 0 Å². The Kier molecular flexibility index (Phi) is 5.34. The highest BCUT2D eigenvalue weighted by molar-refractivity contribution is 6.07. The van der Waals surface area contributed by atoms with Gasteiger partial charge in [0.1, 0.15) is 16.9 Å². The van der Waals surface area contributed by atoms with Crippen molar-refractivity contribution in [3.8, 4) is 5.75 Å². The molecule has 8 nitrogen and oxygen atoms in total. The van der Waals surface area contributed by atoms with Crippen LogP contribution in [0.3, 0.4) is 0 Å². The standard InChI is InChI=1S/C24H20F3N5O3/c1-12-14(13(2)32-23(28-12)30-22(31-32)24(25,26)27)8-9-21(33)29-17-11-19-16(10-20(17)34-3)15-6-4-5-7-18(15)35-19/h4-7,10-11H,8-9H2,1-3H3,(H,29,33). The average Bonchev–Trinajstić information content (AvgIpc) is 3.39. The van der Waals surface area contributed by atoms with Crippen LogP contribution in [-0.2, 0) is 17.4 Å². The summed E-state index contributed by atoms with van der Waals surface area (Å²) in [4.78, 5) is 20.4. The number of nitrogens with one attached hydrogen (secondary N) is 1. The van der Waals surface area contributed by atoms with Crippen molar-refractivity contribution in [3.05, 3.63) is 59.2 Å². The number of nitrogens with zero attached hydrogens (tertiary/aromatic N) is 4. The first-order valence-corrected chi connectivity index (χ1v) is 10.7. The van der Waals surface area contributed by atoms with Crippen LogP contribution in [0.5, 0.6) is 5.75 Å². The van der Waals surface area contributed by atoms with E-state index in [0.29, 0.717) is 34.0 Å². The van der Waals surface area contributed by atoms with Gasteiger partial charge in [-0.1, -0.05) is 18.2 Å². The maximum atomic E-state index is 13.0. The van der Waals surface area contributed by atoms with E-state index >= 15 is 0 Å². The topological polar surface area (TPSA) is 94.5 Å². The number of methoxy groups -OCH3 is 1. The normalized spacial score (nSPS) is 12.1. The van der Waals surface area contributed by atoms with Gasteiger partial charge in [-0.05, 0) is 38.0 Å². The molecule has 0 bridgehead atoms. The molecule has 5 rings (SSSR count). The van der Waals surface area contributed by atoms with Crippen molar-refractivity contribution in [2.45, 2.75) is 32.9 Å². The molecule has 0 saturated carbocycles. The predicted octanol–water partition coefficient (Wildman–Crippen LogP) is 5.24. The zero-order valence-electron chi connectivity index (χ0n) is 19.0. The first-order chi connectivity index (χ1) is 16.7. The third kappa shape index (κ3) is 4.02. The van der Waals surface area contributed by atoms with E-state index in [2.05, 4.69) is 20.4 Å². The van der Waals surface area contributed by atoms with Crippen molar-refractivity contribution >= 4 is 39.3 Å². The highest BCUT2D eigenvalue weighted by Gasteiger charge is 2.37. The van der Waals surface area contributed by atoms with Gasteiger partial charge < -0.3 is 14.5 Å². The lowest BCUT2D eigenvalue weighted by molar-refractivity contribution is -0.144. The molecule has 0 saturated heterocycles. The molecule has 0 aliphatic heterocycles. The molecule has 0 aliphatic carbocycles. The fraction of sp³-hybridized carbons (Fsp3) is 0.250. The minimum Gasteiger partial charge on any atom is -0.495 e. The fourth-order valence-corrected chi connectivity index (χ4v) is 4.16. The van der Waals surface area contributed by atoms with Crippen molar-refractivity contribution in [2.75, 3.05) is 12.4 Å². The molecule has 0 spiro atoms. The molecule has 0 unspecified atom stereocenters. The van der Waals surface area contributed by atoms with E-state index in [-0.39, 0.29) is 24.5 Å². The summed E-state index contributed by atoms with van der Waals surface area (Å²) >= 11 is 0. The number of halogens is 3. The number of carbonyl (C=O) groups is 1. The predicted molar refractivity (Wildman–Crippen MR) is 122 cm³/mol. The zero-order chi connectivity index (χ0) is 24.9. The third-order valence-electron chi connectivity index (χ3n) is 5.88. The van der Waals surface area contributed by atoms with Crippen molar-refractivity contribution in [1.29, 1.82) is 0 Å². The van der Waals surface area contributed by atoms with Gasteiger partial charge in [0.2, 0.25) is 5.91 Å². The Bertz CT molecular complexity index is 1600. The van der Waals surface area contributed by atoms with Gasteiger partial charge in [0.05, 0.1) is 12.8 Å². The Labute approximate surface area is 196 Å². The molecule has 5 aromatic rings. The number of anilines is 1. The molecule has 0 fully saturated rings. The molecule has 1 N–H and O–H groups in total. The van der Waals surface area contributed by atoms with Gasteiger partial charge >= 0.3 is 6.18 Å². The summed E-state index contributed by atoms with van der Waals surface area (Å²) in [5.74, 6) is -1.21. The quantitative estimate of drug-likeness (QED) is 0.368. The largest absolute Gasteiger partial charge is 0.495 e. The fourth-order valence-electron chi connectivity index (χ4n) is 4.16. The van der Waals surface area contributed by atoms with Crippen molar-refractivity contribution in [3.63, 3.8) is 0 Å². The molecule has 0 atom stereocenters. The van der Waals surface area contributed by atoms with Crippen LogP contribution in [0.15, 0.2) is 40.8 Å². The molecule has 3 aromatic heterocycles. The van der Waals surface area contributed by atoms with Gasteiger partial charge in [-0.25, -0.2) is 9.50 Å². The first kappa shape index (κ1) is 22.6. The molecule has 2 aromatic carbocycles. The molecule has 35 heavy (non-hydrogen) atoms. The lowest BCUT2D eigenvalue weighted by Crippen LogP contribution is -2.15. The van der Waals surface area contributed by atoms with E-state index in [4.69, 9.17) is 9.15 Å². The maximum absolute atomic E-state index is 13.0. The summed E-state index contributed by atoms with van der Waals surface area (Å²) in [6.07, 6.45) is -4.35. The van der Waals surface area contributed by atoms with Gasteiger partial charge in [-0.2, -0.15) is 18.2 Å². The number of carbonyl (C=O) groups excluding carboxylic acids is 1. The number of aromatic nitrogens is 4. The van der Waals surface area contributed by atoms with E-state index in [9.17, 15) is 18.0 Å². The Balaban J connectivity index is 1.38. The smallest absolute Gasteiger partial charge is 0.453 e. The molecule has 1 amide bonds. The Morgan fingerprint density at radius 1 is 1.11 bits per heavy atom. The second kappa shape index (κ2) is 8.26. The summed E-state index contributed by atoms with van der Waals surface area (Å²) < 4.78 is 51.4. The van der Waals surface area contributed by atoms with Gasteiger partial charge in [-0.3, -0.25) is 4.79 Å². The number of hydrogen-bond donors (Lipinski definition) is 1. The van der Waals surface area contributed by atoms with E-state index in [1.165, 1.54) is 7.11 Å². The Morgan fingerprint density at radius 3 is 2.63 bits per heavy atom. The number of rotatable bonds is 5. The summed E-state index contributed by atoms with van der Waals surface area (Å²) in [6, 6.07) is 11.1. The van der Waals surface area contributed by atoms with Crippen molar-refractivity contribution < 1.29 is 27.1 Å². The molecule has 180 valence electrons. The number of aryl methyl sites for hydroxylation is 2. The van der Waals surface area contributed by atoms with Crippen molar-refractivity contribution in [2.24, 2.45) is 0 Å². The number of ether oxygens (including phenoxy) is 1. The maximum Gasteiger partial charge on any atom is 0.453 e. The first-order valence-electron chi connectivity index (χ1n) is 10.7. The summed E-state index contributed by atoms with van der Waals surface area (Å²) in [7, 11) is 1.51. The molecular weight excluding hydrogens is 463 g/mol. The molecule has 0 aliphatic rings. The monoisotopic (exact) mass is 483 g/mol. The number of benzene rings is 2. The Morgan fingerprint density at radius 2 is 1.89 bits per heavy atom. The SMILES string of the molecule is COc1cc2c(cc1NC(=O)CCc1c(C)nc3nc(C(F)(F)F)nn3c1C)oc1ccccc12. The van der Waals surface area contributed by atoms with E-state index in [1.54, 1.807) is 19.9 Å². The van der Waals surface area contributed by atoms with Crippen molar-refractivity contribution in [1.82, 2.24) is 19.6 Å². The van der Waals surface area contributed by atoms with Crippen LogP contribution < -0.4 is 10.1 Å². The molecular formula is C24H20F3N5O3. The minimum atomic E-state index is -4.67. The van der Waals surface area contributed by atoms with Crippen LogP contribution in [0, 0.1) is 13.8 Å². The highest BCUT2D eigenvalue weighted by Crippen LogP contribution is 2.36. The number of amides is 1. The van der Waals surface area contributed by atoms with Crippen LogP contribution in [-0.4, -0.2) is 32.6 Å². The Hall–Kier alpha value is -4.15. The lowest BCUT2D eigenvalue weighted by atomic mass is 10.1. The number of hydrogen-bond acceptors (Lipinski definition) is 6. The molecule has 0 radical (unpaired) electrons. The van der Waals surface area contributed by atoms with Crippen LogP contribution >= 0.6 is 0 Å². The lowest BCUT2D eigenvalue weighted by Gasteiger charge is -2.12. The average molecular weight is 483 g/mol. The molecule has 11 heteroatoms. The summed E-state index contributed by atoms with van der Waals surface area (Å²) in [5.41, 5.74) is 3.36. The number of fused-ring (bicyclic) bond motifs is 4. The van der Waals surface area contributed by atoms with E-state index in [0.717, 1.165) is 20.9 Å². The van der Waals surface area contributed by atoms with E-state index in [1.807, 2.05) is 30.3 Å². The summed E-state index contributed by atoms with van der Waals surface area (Å²) in [6.45, 7) is 3.29.